The number of ether oxygens (including phenoxy) is 2. The summed E-state index contributed by atoms with van der Waals surface area (Å²) in [7, 11) is 0. The monoisotopic (exact) mass is 464 g/mol. The van der Waals surface area contributed by atoms with Crippen LogP contribution in [-0.4, -0.2) is 69.0 Å². The fourth-order valence-corrected chi connectivity index (χ4v) is 7.97. The van der Waals surface area contributed by atoms with Crippen LogP contribution in [0, 0.1) is 28.6 Å². The van der Waals surface area contributed by atoms with E-state index in [1.165, 1.54) is 5.57 Å². The lowest BCUT2D eigenvalue weighted by Crippen LogP contribution is -2.60. The maximum absolute atomic E-state index is 12.9. The summed E-state index contributed by atoms with van der Waals surface area (Å²) in [6, 6.07) is 0. The van der Waals surface area contributed by atoms with Crippen molar-refractivity contribution in [1.29, 1.82) is 0 Å². The van der Waals surface area contributed by atoms with Gasteiger partial charge in [0.05, 0.1) is 0 Å². The van der Waals surface area contributed by atoms with Crippen molar-refractivity contribution in [2.24, 2.45) is 28.6 Å². The molecule has 0 amide bonds. The van der Waals surface area contributed by atoms with Gasteiger partial charge in [0.1, 0.15) is 24.4 Å². The molecule has 4 fully saturated rings. The molecule has 0 unspecified atom stereocenters. The highest BCUT2D eigenvalue weighted by Gasteiger charge is 2.60. The second-order valence-electron chi connectivity index (χ2n) is 11.4. The van der Waals surface area contributed by atoms with Gasteiger partial charge in [-0.2, -0.15) is 0 Å². The lowest BCUT2D eigenvalue weighted by Gasteiger charge is -2.57. The normalized spacial score (nSPS) is 51.8. The molecule has 0 radical (unpaired) electrons. The Morgan fingerprint density at radius 1 is 0.970 bits per heavy atom. The van der Waals surface area contributed by atoms with E-state index >= 15 is 0 Å². The van der Waals surface area contributed by atoms with Gasteiger partial charge in [0, 0.05) is 11.8 Å². The van der Waals surface area contributed by atoms with Crippen molar-refractivity contribution in [2.45, 2.75) is 102 Å². The molecule has 0 bridgehead atoms. The van der Waals surface area contributed by atoms with Crippen molar-refractivity contribution in [1.82, 2.24) is 0 Å². The molecular weight excluding hydrogens is 428 g/mol. The van der Waals surface area contributed by atoms with E-state index in [1.54, 1.807) is 0 Å². The topological polar surface area (TPSA) is 134 Å². The van der Waals surface area contributed by atoms with Crippen LogP contribution in [0.4, 0.5) is 0 Å². The minimum Gasteiger partial charge on any atom is -0.460 e. The number of hydrogen-bond donors (Lipinski definition) is 4. The fourth-order valence-electron chi connectivity index (χ4n) is 7.97. The van der Waals surface area contributed by atoms with Gasteiger partial charge in [0.15, 0.2) is 18.2 Å². The molecule has 5 rings (SSSR count). The standard InChI is InChI=1S/C25H36O8/c1-24-9-7-13(26)11-12(24)3-4-14-15-5-6-17(25(15,2)10-8-16(14)24)32-23(31)21-19(28)18(27)20(29)22(30)33-21/h11,14-22,27-30H,3-10H2,1-2H3/t14-,15-,16-,17-,18-,19-,20+,21-,22+,24-,25-/m0/s1. The van der Waals surface area contributed by atoms with E-state index < -0.39 is 36.7 Å². The van der Waals surface area contributed by atoms with Crippen LogP contribution in [0.2, 0.25) is 0 Å². The summed E-state index contributed by atoms with van der Waals surface area (Å²) in [5.74, 6) is 0.921. The van der Waals surface area contributed by atoms with Crippen molar-refractivity contribution < 1.29 is 39.5 Å². The number of carbonyl (C=O) groups is 2. The quantitative estimate of drug-likeness (QED) is 0.449. The van der Waals surface area contributed by atoms with Gasteiger partial charge in [-0.25, -0.2) is 4.79 Å². The second kappa shape index (κ2) is 8.12. The Kier molecular flexibility index (Phi) is 5.77. The average molecular weight is 465 g/mol. The predicted octanol–water partition coefficient (Wildman–Crippen LogP) is 1.23. The summed E-state index contributed by atoms with van der Waals surface area (Å²) >= 11 is 0. The Morgan fingerprint density at radius 2 is 1.73 bits per heavy atom. The minimum atomic E-state index is -1.77. The van der Waals surface area contributed by atoms with Gasteiger partial charge in [-0.05, 0) is 74.2 Å². The van der Waals surface area contributed by atoms with Gasteiger partial charge in [-0.15, -0.1) is 0 Å². The van der Waals surface area contributed by atoms with Crippen LogP contribution in [0.1, 0.15) is 65.2 Å². The Labute approximate surface area is 194 Å². The van der Waals surface area contributed by atoms with Crippen molar-refractivity contribution in [3.63, 3.8) is 0 Å². The van der Waals surface area contributed by atoms with Gasteiger partial charge >= 0.3 is 5.97 Å². The van der Waals surface area contributed by atoms with Gasteiger partial charge in [0.25, 0.3) is 0 Å². The molecule has 8 nitrogen and oxygen atoms in total. The lowest BCUT2D eigenvalue weighted by molar-refractivity contribution is -0.283. The first kappa shape index (κ1) is 23.4. The number of esters is 1. The number of aliphatic hydroxyl groups excluding tert-OH is 4. The minimum absolute atomic E-state index is 0.0834. The first-order valence-corrected chi connectivity index (χ1v) is 12.4. The third-order valence-corrected chi connectivity index (χ3v) is 9.95. The van der Waals surface area contributed by atoms with Crippen LogP contribution in [0.5, 0.6) is 0 Å². The van der Waals surface area contributed by atoms with E-state index in [2.05, 4.69) is 13.8 Å². The summed E-state index contributed by atoms with van der Waals surface area (Å²) in [5.41, 5.74) is 1.22. The SMILES string of the molecule is C[C@]12CC[C@H]3[C@@H](CCC4=CC(=O)CC[C@@]43C)[C@@H]1CC[C@@H]2OC(=O)[C@H]1O[C@@H](O)[C@H](O)[C@@H](O)[C@@H]1O. The molecule has 8 heteroatoms. The summed E-state index contributed by atoms with van der Waals surface area (Å²) in [4.78, 5) is 24.9. The molecule has 11 atom stereocenters. The van der Waals surface area contributed by atoms with Crippen LogP contribution in [0.25, 0.3) is 0 Å². The summed E-state index contributed by atoms with van der Waals surface area (Å²) in [6.07, 6.45) is 0.418. The highest BCUT2D eigenvalue weighted by atomic mass is 16.7. The number of fused-ring (bicyclic) bond motifs is 5. The maximum atomic E-state index is 12.9. The molecule has 33 heavy (non-hydrogen) atoms. The highest BCUT2D eigenvalue weighted by Crippen LogP contribution is 2.65. The Balaban J connectivity index is 1.31. The number of hydrogen-bond acceptors (Lipinski definition) is 8. The molecular formula is C25H36O8. The van der Waals surface area contributed by atoms with Crippen LogP contribution in [0.15, 0.2) is 11.6 Å². The molecule has 184 valence electrons. The highest BCUT2D eigenvalue weighted by molar-refractivity contribution is 5.91. The van der Waals surface area contributed by atoms with Gasteiger partial charge < -0.3 is 29.9 Å². The third-order valence-electron chi connectivity index (χ3n) is 9.95. The number of aliphatic hydroxyl groups is 4. The average Bonchev–Trinajstić information content (AvgIpc) is 3.11. The van der Waals surface area contributed by atoms with E-state index in [9.17, 15) is 30.0 Å². The lowest BCUT2D eigenvalue weighted by atomic mass is 9.47. The largest absolute Gasteiger partial charge is 0.460 e. The molecule has 0 aromatic heterocycles. The smallest absolute Gasteiger partial charge is 0.338 e. The molecule has 0 aromatic rings. The van der Waals surface area contributed by atoms with E-state index in [0.717, 1.165) is 44.9 Å². The predicted molar refractivity (Wildman–Crippen MR) is 115 cm³/mol. The maximum Gasteiger partial charge on any atom is 0.338 e. The summed E-state index contributed by atoms with van der Waals surface area (Å²) in [5, 5.41) is 39.6. The molecule has 1 heterocycles. The molecule has 4 N–H and O–H groups in total. The Hall–Kier alpha value is -1.32. The zero-order valence-corrected chi connectivity index (χ0v) is 19.4. The number of rotatable bonds is 2. The van der Waals surface area contributed by atoms with Gasteiger partial charge in [0.2, 0.25) is 0 Å². The van der Waals surface area contributed by atoms with Crippen molar-refractivity contribution in [3.8, 4) is 0 Å². The van der Waals surface area contributed by atoms with E-state index in [1.807, 2.05) is 6.08 Å². The van der Waals surface area contributed by atoms with Crippen molar-refractivity contribution >= 4 is 11.8 Å². The molecule has 0 aromatic carbocycles. The summed E-state index contributed by atoms with van der Waals surface area (Å²) < 4.78 is 10.9. The molecule has 1 aliphatic heterocycles. The summed E-state index contributed by atoms with van der Waals surface area (Å²) in [6.45, 7) is 4.53. The zero-order valence-electron chi connectivity index (χ0n) is 19.4. The third kappa shape index (κ3) is 3.52. The molecule has 1 saturated heterocycles. The second-order valence-corrected chi connectivity index (χ2v) is 11.4. The van der Waals surface area contributed by atoms with Crippen LogP contribution in [-0.2, 0) is 19.1 Å². The fraction of sp³-hybridized carbons (Fsp3) is 0.840. The van der Waals surface area contributed by atoms with Crippen LogP contribution in [0.3, 0.4) is 0 Å². The van der Waals surface area contributed by atoms with E-state index in [0.29, 0.717) is 24.2 Å². The van der Waals surface area contributed by atoms with E-state index in [4.69, 9.17) is 9.47 Å². The van der Waals surface area contributed by atoms with Crippen LogP contribution < -0.4 is 0 Å². The Morgan fingerprint density at radius 3 is 2.48 bits per heavy atom. The first-order chi connectivity index (χ1) is 15.6. The molecule has 3 saturated carbocycles. The Bertz CT molecular complexity index is 855. The first-order valence-electron chi connectivity index (χ1n) is 12.4. The number of carbonyl (C=O) groups excluding carboxylic acids is 2. The van der Waals surface area contributed by atoms with E-state index in [-0.39, 0.29) is 22.7 Å². The number of ketones is 1. The zero-order chi connectivity index (χ0) is 23.7. The van der Waals surface area contributed by atoms with Gasteiger partial charge in [-0.1, -0.05) is 19.4 Å². The van der Waals surface area contributed by atoms with Crippen molar-refractivity contribution in [2.75, 3.05) is 0 Å². The molecule has 4 aliphatic carbocycles. The van der Waals surface area contributed by atoms with Crippen LogP contribution >= 0.6 is 0 Å². The number of allylic oxidation sites excluding steroid dienone is 1. The molecule has 0 spiro atoms. The van der Waals surface area contributed by atoms with Crippen molar-refractivity contribution in [3.05, 3.63) is 11.6 Å². The van der Waals surface area contributed by atoms with Gasteiger partial charge in [-0.3, -0.25) is 4.79 Å². The molecule has 5 aliphatic rings.